The molecule has 0 atom stereocenters. The largest absolute Gasteiger partial charge is 0.493 e. The monoisotopic (exact) mass is 333 g/mol. The van der Waals surface area contributed by atoms with E-state index in [-0.39, 0.29) is 5.88 Å². The lowest BCUT2D eigenvalue weighted by Gasteiger charge is -2.12. The van der Waals surface area contributed by atoms with Gasteiger partial charge in [-0.2, -0.15) is 9.61 Å². The number of halogens is 2. The van der Waals surface area contributed by atoms with Crippen LogP contribution in [-0.4, -0.2) is 19.7 Å². The van der Waals surface area contributed by atoms with Crippen molar-refractivity contribution in [3.63, 3.8) is 0 Å². The van der Waals surface area contributed by atoms with E-state index < -0.39 is 0 Å². The summed E-state index contributed by atoms with van der Waals surface area (Å²) in [7, 11) is 0. The second-order valence-corrected chi connectivity index (χ2v) is 6.41. The first kappa shape index (κ1) is 13.9. The van der Waals surface area contributed by atoms with E-state index in [1.54, 1.807) is 18.3 Å². The highest BCUT2D eigenvalue weighted by Crippen LogP contribution is 2.43. The van der Waals surface area contributed by atoms with Crippen molar-refractivity contribution in [1.82, 2.24) is 14.6 Å². The normalized spacial score (nSPS) is 14.6. The quantitative estimate of drug-likeness (QED) is 0.781. The summed E-state index contributed by atoms with van der Waals surface area (Å²) in [6, 6.07) is 7.31. The van der Waals surface area contributed by atoms with Crippen molar-refractivity contribution >= 4 is 28.8 Å². The summed E-state index contributed by atoms with van der Waals surface area (Å²) in [6.07, 6.45) is 4.43. The second kappa shape index (κ2) is 5.14. The molecule has 3 aromatic rings. The summed E-state index contributed by atoms with van der Waals surface area (Å²) in [5, 5.41) is 15.8. The Balaban J connectivity index is 1.83. The van der Waals surface area contributed by atoms with Gasteiger partial charge in [-0.1, -0.05) is 29.3 Å². The minimum absolute atomic E-state index is 0.156. The lowest BCUT2D eigenvalue weighted by atomic mass is 10.0. The van der Waals surface area contributed by atoms with E-state index in [1.807, 2.05) is 12.1 Å². The Hall–Kier alpha value is -1.78. The number of rotatable bonds is 3. The van der Waals surface area contributed by atoms with Crippen LogP contribution in [0, 0.1) is 0 Å². The first-order chi connectivity index (χ1) is 10.6. The van der Waals surface area contributed by atoms with E-state index in [9.17, 15) is 5.11 Å². The van der Waals surface area contributed by atoms with Crippen LogP contribution in [0.15, 0.2) is 30.5 Å². The van der Waals surface area contributed by atoms with Crippen molar-refractivity contribution in [3.05, 3.63) is 57.3 Å². The molecule has 1 aromatic carbocycles. The van der Waals surface area contributed by atoms with Gasteiger partial charge in [0.1, 0.15) is 0 Å². The molecule has 0 spiro atoms. The van der Waals surface area contributed by atoms with Crippen molar-refractivity contribution in [2.24, 2.45) is 0 Å². The fraction of sp³-hybridized carbons (Fsp3) is 0.250. The highest BCUT2D eigenvalue weighted by Gasteiger charge is 2.30. The van der Waals surface area contributed by atoms with Crippen molar-refractivity contribution in [1.29, 1.82) is 0 Å². The highest BCUT2D eigenvalue weighted by atomic mass is 35.5. The molecular formula is C16H13Cl2N3O. The molecule has 0 amide bonds. The van der Waals surface area contributed by atoms with Gasteiger partial charge in [0.15, 0.2) is 5.65 Å². The zero-order chi connectivity index (χ0) is 15.3. The molecule has 1 N–H and O–H groups in total. The molecule has 4 nitrogen and oxygen atoms in total. The minimum atomic E-state index is 0.156. The zero-order valence-electron chi connectivity index (χ0n) is 11.6. The maximum atomic E-state index is 10.6. The molecule has 0 aliphatic heterocycles. The summed E-state index contributed by atoms with van der Waals surface area (Å²) in [4.78, 5) is 4.68. The first-order valence-electron chi connectivity index (χ1n) is 7.13. The molecule has 0 saturated heterocycles. The number of nitrogens with zero attached hydrogens (tertiary/aromatic N) is 3. The number of aromatic hydroxyl groups is 1. The fourth-order valence-corrected chi connectivity index (χ4v) is 3.02. The summed E-state index contributed by atoms with van der Waals surface area (Å²) < 4.78 is 1.47. The third-order valence-electron chi connectivity index (χ3n) is 3.97. The van der Waals surface area contributed by atoms with E-state index in [0.29, 0.717) is 28.0 Å². The standard InChI is InChI=1S/C16H13Cl2N3O/c17-12-4-1-9(8-13(12)18)7-11-15(10-2-3-10)20-14-5-6-19-21(14)16(11)22/h1,4-6,8,10,22H,2-3,7H2. The van der Waals surface area contributed by atoms with E-state index in [2.05, 4.69) is 10.1 Å². The van der Waals surface area contributed by atoms with Gasteiger partial charge in [-0.15, -0.1) is 0 Å². The van der Waals surface area contributed by atoms with Gasteiger partial charge in [0.25, 0.3) is 0 Å². The molecular weight excluding hydrogens is 321 g/mol. The average Bonchev–Trinajstić information content (AvgIpc) is 3.23. The molecule has 0 bridgehead atoms. The van der Waals surface area contributed by atoms with Gasteiger partial charge in [-0.25, -0.2) is 4.98 Å². The van der Waals surface area contributed by atoms with Gasteiger partial charge in [0, 0.05) is 24.0 Å². The fourth-order valence-electron chi connectivity index (χ4n) is 2.70. The number of hydrogen-bond donors (Lipinski definition) is 1. The Morgan fingerprint density at radius 1 is 1.18 bits per heavy atom. The SMILES string of the molecule is Oc1c(Cc2ccc(Cl)c(Cl)c2)c(C2CC2)nc2ccnn12. The molecule has 2 heterocycles. The molecule has 1 aliphatic carbocycles. The van der Waals surface area contributed by atoms with Crippen LogP contribution >= 0.6 is 23.2 Å². The molecule has 1 fully saturated rings. The van der Waals surface area contributed by atoms with Crippen LogP contribution < -0.4 is 0 Å². The summed E-state index contributed by atoms with van der Waals surface area (Å²) in [5.41, 5.74) is 3.45. The maximum Gasteiger partial charge on any atom is 0.219 e. The van der Waals surface area contributed by atoms with Crippen LogP contribution in [0.25, 0.3) is 5.65 Å². The van der Waals surface area contributed by atoms with Gasteiger partial charge < -0.3 is 5.11 Å². The third kappa shape index (κ3) is 2.32. The second-order valence-electron chi connectivity index (χ2n) is 5.60. The molecule has 1 aliphatic rings. The lowest BCUT2D eigenvalue weighted by molar-refractivity contribution is 0.427. The Labute approximate surface area is 137 Å². The van der Waals surface area contributed by atoms with Crippen LogP contribution in [0.5, 0.6) is 5.88 Å². The topological polar surface area (TPSA) is 50.4 Å². The van der Waals surface area contributed by atoms with E-state index in [4.69, 9.17) is 23.2 Å². The van der Waals surface area contributed by atoms with Crippen LogP contribution in [0.1, 0.15) is 35.6 Å². The van der Waals surface area contributed by atoms with Gasteiger partial charge in [-0.3, -0.25) is 0 Å². The smallest absolute Gasteiger partial charge is 0.219 e. The lowest BCUT2D eigenvalue weighted by Crippen LogP contribution is -2.04. The molecule has 2 aromatic heterocycles. The molecule has 6 heteroatoms. The predicted molar refractivity (Wildman–Crippen MR) is 85.9 cm³/mol. The van der Waals surface area contributed by atoms with Crippen LogP contribution in [0.3, 0.4) is 0 Å². The first-order valence-corrected chi connectivity index (χ1v) is 7.88. The molecule has 112 valence electrons. The minimum Gasteiger partial charge on any atom is -0.493 e. The molecule has 1 saturated carbocycles. The zero-order valence-corrected chi connectivity index (χ0v) is 13.1. The van der Waals surface area contributed by atoms with E-state index in [1.165, 1.54) is 4.52 Å². The van der Waals surface area contributed by atoms with Gasteiger partial charge in [-0.05, 0) is 30.5 Å². The van der Waals surface area contributed by atoms with Crippen LogP contribution in [0.4, 0.5) is 0 Å². The summed E-state index contributed by atoms with van der Waals surface area (Å²) >= 11 is 12.0. The van der Waals surface area contributed by atoms with Crippen molar-refractivity contribution in [2.75, 3.05) is 0 Å². The van der Waals surface area contributed by atoms with Crippen LogP contribution in [-0.2, 0) is 6.42 Å². The summed E-state index contributed by atoms with van der Waals surface area (Å²) in [5.74, 6) is 0.589. The van der Waals surface area contributed by atoms with Crippen LogP contribution in [0.2, 0.25) is 10.0 Å². The highest BCUT2D eigenvalue weighted by molar-refractivity contribution is 6.42. The average molecular weight is 334 g/mol. The summed E-state index contributed by atoms with van der Waals surface area (Å²) in [6.45, 7) is 0. The Morgan fingerprint density at radius 2 is 2.00 bits per heavy atom. The van der Waals surface area contributed by atoms with Gasteiger partial charge in [0.2, 0.25) is 5.88 Å². The molecule has 22 heavy (non-hydrogen) atoms. The van der Waals surface area contributed by atoms with E-state index >= 15 is 0 Å². The van der Waals surface area contributed by atoms with Gasteiger partial charge in [0.05, 0.1) is 21.9 Å². The number of fused-ring (bicyclic) bond motifs is 1. The molecule has 0 unspecified atom stereocenters. The Bertz CT molecular complexity index is 871. The van der Waals surface area contributed by atoms with Gasteiger partial charge >= 0.3 is 0 Å². The van der Waals surface area contributed by atoms with Crippen molar-refractivity contribution < 1.29 is 5.11 Å². The maximum absolute atomic E-state index is 10.6. The Kier molecular flexibility index (Phi) is 3.24. The molecule has 4 rings (SSSR count). The number of hydrogen-bond acceptors (Lipinski definition) is 3. The predicted octanol–water partition coefficient (Wildman–Crippen LogP) is 4.21. The number of benzene rings is 1. The van der Waals surface area contributed by atoms with E-state index in [0.717, 1.165) is 29.7 Å². The number of aromatic nitrogens is 3. The third-order valence-corrected chi connectivity index (χ3v) is 4.71. The molecule has 0 radical (unpaired) electrons. The van der Waals surface area contributed by atoms with Crippen molar-refractivity contribution in [2.45, 2.75) is 25.2 Å². The Morgan fingerprint density at radius 3 is 2.73 bits per heavy atom. The van der Waals surface area contributed by atoms with Crippen molar-refractivity contribution in [3.8, 4) is 5.88 Å².